The third-order valence-electron chi connectivity index (χ3n) is 11.3. The summed E-state index contributed by atoms with van der Waals surface area (Å²) in [6.07, 6.45) is 11.6. The molecular weight excluding hydrogens is 679 g/mol. The van der Waals surface area contributed by atoms with Crippen molar-refractivity contribution in [2.24, 2.45) is 28.6 Å². The molecule has 0 unspecified atom stereocenters. The molecule has 4 aromatic rings. The second-order valence-electron chi connectivity index (χ2n) is 17.0. The van der Waals surface area contributed by atoms with Crippen LogP contribution in [0.25, 0.3) is 20.4 Å². The summed E-state index contributed by atoms with van der Waals surface area (Å²) >= 11 is 3.12. The Morgan fingerprint density at radius 1 is 0.784 bits per heavy atom. The second-order valence-corrected chi connectivity index (χ2v) is 19.2. The van der Waals surface area contributed by atoms with Crippen molar-refractivity contribution in [1.82, 2.24) is 14.9 Å². The van der Waals surface area contributed by atoms with E-state index in [0.717, 1.165) is 100 Å². The van der Waals surface area contributed by atoms with Gasteiger partial charge in [0.1, 0.15) is 16.5 Å². The molecule has 0 bridgehead atoms. The molecular formula is C41H55N3O5S2. The predicted molar refractivity (Wildman–Crippen MR) is 207 cm³/mol. The number of carbonyl (C=O) groups is 2. The van der Waals surface area contributed by atoms with Gasteiger partial charge in [-0.05, 0) is 111 Å². The van der Waals surface area contributed by atoms with Gasteiger partial charge in [-0.2, -0.15) is 0 Å². The van der Waals surface area contributed by atoms with Gasteiger partial charge in [0.2, 0.25) is 0 Å². The fourth-order valence-electron chi connectivity index (χ4n) is 7.99. The standard InChI is InChI=1S/C23H32N2O3S.C18H23NO2S/c1-23(2,3)16-4-6-17(7-5-16)28-18-8-9-20-19(12-18)24-21(29-20)14-25-11-10-15(13-25)22(26)27;1-18(2,3)12-4-6-13(7-5-12)21-14-8-9-16-15(10-14)19-17(11-20)22-16/h8-9,12,15-17H,4-7,10-11,13-14H2,1-3H3,(H,26,27);8-13H,4-7H2,1-3H3/t15-,16?,17?;/m1./s1. The number of carboxylic acid groups (broad SMARTS) is 1. The minimum absolute atomic E-state index is 0.238. The van der Waals surface area contributed by atoms with Crippen LogP contribution in [-0.4, -0.2) is 57.5 Å². The van der Waals surface area contributed by atoms with Crippen LogP contribution < -0.4 is 9.47 Å². The van der Waals surface area contributed by atoms with Gasteiger partial charge in [0.25, 0.3) is 0 Å². The van der Waals surface area contributed by atoms with Crippen molar-refractivity contribution in [3.05, 3.63) is 46.4 Å². The largest absolute Gasteiger partial charge is 0.490 e. The van der Waals surface area contributed by atoms with E-state index in [2.05, 4.69) is 69.6 Å². The fourth-order valence-corrected chi connectivity index (χ4v) is 9.74. The highest BCUT2D eigenvalue weighted by Crippen LogP contribution is 2.40. The van der Waals surface area contributed by atoms with Crippen molar-refractivity contribution >= 4 is 55.4 Å². The molecule has 1 N–H and O–H groups in total. The number of aliphatic carboxylic acids is 1. The summed E-state index contributed by atoms with van der Waals surface area (Å²) < 4.78 is 14.6. The summed E-state index contributed by atoms with van der Waals surface area (Å²) in [4.78, 5) is 33.3. The zero-order valence-electron chi connectivity index (χ0n) is 31.2. The van der Waals surface area contributed by atoms with Crippen LogP contribution in [0, 0.1) is 28.6 Å². The third kappa shape index (κ3) is 9.87. The third-order valence-corrected chi connectivity index (χ3v) is 13.2. The van der Waals surface area contributed by atoms with Gasteiger partial charge in [-0.15, -0.1) is 22.7 Å². The topological polar surface area (TPSA) is 102 Å². The van der Waals surface area contributed by atoms with E-state index in [4.69, 9.17) is 14.5 Å². The smallest absolute Gasteiger partial charge is 0.307 e. The second kappa shape index (κ2) is 15.9. The Kier molecular flexibility index (Phi) is 11.7. The summed E-state index contributed by atoms with van der Waals surface area (Å²) in [7, 11) is 0. The van der Waals surface area contributed by atoms with Gasteiger partial charge in [0, 0.05) is 18.7 Å². The first-order valence-electron chi connectivity index (χ1n) is 18.8. The molecule has 1 aliphatic heterocycles. The summed E-state index contributed by atoms with van der Waals surface area (Å²) in [6.45, 7) is 16.2. The number of fused-ring (bicyclic) bond motifs is 2. The van der Waals surface area contributed by atoms with E-state index in [1.54, 1.807) is 11.3 Å². The molecule has 0 spiro atoms. The van der Waals surface area contributed by atoms with Crippen LogP contribution in [0.15, 0.2) is 36.4 Å². The number of rotatable bonds is 8. The number of carboxylic acids is 1. The molecule has 0 amide bonds. The number of aldehydes is 1. The number of hydrogen-bond donors (Lipinski definition) is 1. The first-order chi connectivity index (χ1) is 24.2. The first-order valence-corrected chi connectivity index (χ1v) is 20.4. The van der Waals surface area contributed by atoms with E-state index in [-0.39, 0.29) is 5.92 Å². The monoisotopic (exact) mass is 733 g/mol. The van der Waals surface area contributed by atoms with Crippen LogP contribution in [0.1, 0.15) is 114 Å². The van der Waals surface area contributed by atoms with E-state index in [1.165, 1.54) is 37.0 Å². The van der Waals surface area contributed by atoms with Gasteiger partial charge in [-0.25, -0.2) is 9.97 Å². The van der Waals surface area contributed by atoms with Crippen molar-refractivity contribution in [1.29, 1.82) is 0 Å². The molecule has 276 valence electrons. The normalized spacial score (nSPS) is 24.6. The van der Waals surface area contributed by atoms with E-state index in [1.807, 2.05) is 18.2 Å². The van der Waals surface area contributed by atoms with Crippen LogP contribution >= 0.6 is 22.7 Å². The lowest BCUT2D eigenvalue weighted by atomic mass is 9.72. The van der Waals surface area contributed by atoms with Gasteiger partial charge < -0.3 is 14.6 Å². The molecule has 2 aromatic heterocycles. The number of nitrogens with zero attached hydrogens (tertiary/aromatic N) is 3. The molecule has 1 saturated heterocycles. The Morgan fingerprint density at radius 2 is 1.29 bits per heavy atom. The molecule has 2 aliphatic carbocycles. The maximum absolute atomic E-state index is 11.2. The average molecular weight is 734 g/mol. The Bertz CT molecular complexity index is 1790. The molecule has 0 radical (unpaired) electrons. The number of ether oxygens (including phenoxy) is 2. The van der Waals surface area contributed by atoms with E-state index >= 15 is 0 Å². The molecule has 2 aromatic carbocycles. The van der Waals surface area contributed by atoms with Crippen molar-refractivity contribution in [3.8, 4) is 11.5 Å². The number of thiazole rings is 2. The Labute approximate surface area is 311 Å². The van der Waals surface area contributed by atoms with Crippen molar-refractivity contribution < 1.29 is 24.2 Å². The zero-order chi connectivity index (χ0) is 36.3. The molecule has 51 heavy (non-hydrogen) atoms. The molecule has 2 saturated carbocycles. The molecule has 1 atom stereocenters. The van der Waals surface area contributed by atoms with Crippen LogP contribution in [0.5, 0.6) is 11.5 Å². The number of benzene rings is 2. The SMILES string of the molecule is CC(C)(C)C1CCC(Oc2ccc3sc(C=O)nc3c2)CC1.CC(C)(C)C1CCC(Oc2ccc3sc(CN4CC[C@@H](C(=O)O)C4)nc3c2)CC1. The van der Waals surface area contributed by atoms with Crippen LogP contribution in [0.3, 0.4) is 0 Å². The molecule has 7 rings (SSSR count). The quantitative estimate of drug-likeness (QED) is 0.179. The highest BCUT2D eigenvalue weighted by molar-refractivity contribution is 7.20. The van der Waals surface area contributed by atoms with E-state index in [0.29, 0.717) is 34.6 Å². The summed E-state index contributed by atoms with van der Waals surface area (Å²) in [5, 5.41) is 10.8. The number of hydrogen-bond acceptors (Lipinski definition) is 9. The highest BCUT2D eigenvalue weighted by atomic mass is 32.1. The Balaban J connectivity index is 0.000000183. The minimum Gasteiger partial charge on any atom is -0.490 e. The molecule has 3 heterocycles. The highest BCUT2D eigenvalue weighted by Gasteiger charge is 2.32. The average Bonchev–Trinajstić information content (AvgIpc) is 3.83. The van der Waals surface area contributed by atoms with Crippen molar-refractivity contribution in [3.63, 3.8) is 0 Å². The summed E-state index contributed by atoms with van der Waals surface area (Å²) in [5.74, 6) is 2.45. The zero-order valence-corrected chi connectivity index (χ0v) is 32.8. The van der Waals surface area contributed by atoms with Crippen LogP contribution in [0.4, 0.5) is 0 Å². The Hall–Kier alpha value is -3.08. The Morgan fingerprint density at radius 3 is 1.76 bits per heavy atom. The first kappa shape index (κ1) is 37.7. The van der Waals surface area contributed by atoms with E-state index < -0.39 is 5.97 Å². The van der Waals surface area contributed by atoms with Gasteiger partial charge in [0.15, 0.2) is 11.3 Å². The minimum atomic E-state index is -0.685. The maximum Gasteiger partial charge on any atom is 0.307 e. The fraction of sp³-hybridized carbons (Fsp3) is 0.610. The van der Waals surface area contributed by atoms with Crippen LogP contribution in [-0.2, 0) is 11.3 Å². The lowest BCUT2D eigenvalue weighted by molar-refractivity contribution is -0.141. The number of carbonyl (C=O) groups excluding carboxylic acids is 1. The lowest BCUT2D eigenvalue weighted by Crippen LogP contribution is -2.30. The summed E-state index contributed by atoms with van der Waals surface area (Å²) in [6, 6.07) is 12.2. The van der Waals surface area contributed by atoms with Gasteiger partial charge >= 0.3 is 5.97 Å². The molecule has 8 nitrogen and oxygen atoms in total. The number of aromatic nitrogens is 2. The van der Waals surface area contributed by atoms with E-state index in [9.17, 15) is 14.7 Å². The maximum atomic E-state index is 11.2. The predicted octanol–water partition coefficient (Wildman–Crippen LogP) is 10.3. The van der Waals surface area contributed by atoms with Gasteiger partial charge in [-0.1, -0.05) is 41.5 Å². The lowest BCUT2D eigenvalue weighted by Gasteiger charge is -2.36. The van der Waals surface area contributed by atoms with Crippen LogP contribution in [0.2, 0.25) is 0 Å². The molecule has 10 heteroatoms. The van der Waals surface area contributed by atoms with Crippen molar-refractivity contribution in [2.75, 3.05) is 13.1 Å². The summed E-state index contributed by atoms with van der Waals surface area (Å²) in [5.41, 5.74) is 2.63. The van der Waals surface area contributed by atoms with Gasteiger partial charge in [-0.3, -0.25) is 14.5 Å². The number of likely N-dealkylation sites (tertiary alicyclic amines) is 1. The van der Waals surface area contributed by atoms with Crippen molar-refractivity contribution in [2.45, 2.75) is 118 Å². The molecule has 3 fully saturated rings. The van der Waals surface area contributed by atoms with Gasteiger partial charge in [0.05, 0.1) is 45.1 Å². The molecule has 3 aliphatic rings.